The van der Waals surface area contributed by atoms with E-state index in [2.05, 4.69) is 15.5 Å². The third-order valence-electron chi connectivity index (χ3n) is 2.42. The first-order valence-corrected chi connectivity index (χ1v) is 4.70. The van der Waals surface area contributed by atoms with E-state index in [4.69, 9.17) is 10.2 Å². The molecule has 1 aromatic heterocycles. The first kappa shape index (κ1) is 11.7. The molecule has 1 heterocycles. The zero-order valence-corrected chi connectivity index (χ0v) is 8.53. The summed E-state index contributed by atoms with van der Waals surface area (Å²) in [5.41, 5.74) is -0.594. The molecule has 1 rings (SSSR count). The molecule has 0 aromatic carbocycles. The number of aromatic amines is 1. The molecule has 0 aliphatic carbocycles. The van der Waals surface area contributed by atoms with Gasteiger partial charge in [-0.05, 0) is 6.42 Å². The van der Waals surface area contributed by atoms with Crippen LogP contribution in [-0.2, 0) is 0 Å². The standard InChI is InChI=1S/C9H15N3O3/c1-2-9(5-13,6-14)12-8(15)7-3-10-11-4-7/h3-4,13-14H,2,5-6H2,1H3,(H,10,11)(H,12,15). The van der Waals surface area contributed by atoms with Crippen LogP contribution in [0.25, 0.3) is 0 Å². The molecule has 0 spiro atoms. The Hall–Kier alpha value is -1.40. The second kappa shape index (κ2) is 4.90. The summed E-state index contributed by atoms with van der Waals surface area (Å²) < 4.78 is 0. The highest BCUT2D eigenvalue weighted by molar-refractivity contribution is 5.94. The molecular weight excluding hydrogens is 198 g/mol. The SMILES string of the molecule is CCC(CO)(CO)NC(=O)c1cn[nH]c1. The number of nitrogens with one attached hydrogen (secondary N) is 2. The molecular formula is C9H15N3O3. The molecule has 0 atom stereocenters. The molecule has 15 heavy (non-hydrogen) atoms. The normalized spacial score (nSPS) is 11.4. The van der Waals surface area contributed by atoms with Crippen LogP contribution in [0, 0.1) is 0 Å². The molecule has 84 valence electrons. The van der Waals surface area contributed by atoms with Crippen molar-refractivity contribution in [3.05, 3.63) is 18.0 Å². The van der Waals surface area contributed by atoms with Gasteiger partial charge in [-0.1, -0.05) is 6.92 Å². The first-order chi connectivity index (χ1) is 7.17. The van der Waals surface area contributed by atoms with Crippen molar-refractivity contribution in [3.63, 3.8) is 0 Å². The summed E-state index contributed by atoms with van der Waals surface area (Å²) in [6.07, 6.45) is 3.28. The maximum Gasteiger partial charge on any atom is 0.255 e. The van der Waals surface area contributed by atoms with Gasteiger partial charge in [0.1, 0.15) is 0 Å². The molecule has 0 saturated heterocycles. The van der Waals surface area contributed by atoms with Gasteiger partial charge in [-0.25, -0.2) is 0 Å². The maximum absolute atomic E-state index is 11.6. The Labute approximate surface area is 87.3 Å². The molecule has 0 bridgehead atoms. The summed E-state index contributed by atoms with van der Waals surface area (Å²) in [5.74, 6) is -0.367. The van der Waals surface area contributed by atoms with Crippen LogP contribution in [0.3, 0.4) is 0 Å². The number of H-pyrrole nitrogens is 1. The van der Waals surface area contributed by atoms with Crippen LogP contribution in [0.15, 0.2) is 12.4 Å². The number of aliphatic hydroxyl groups is 2. The van der Waals surface area contributed by atoms with Gasteiger partial charge in [-0.15, -0.1) is 0 Å². The summed E-state index contributed by atoms with van der Waals surface area (Å²) in [5, 5.41) is 27.0. The minimum Gasteiger partial charge on any atom is -0.394 e. The third kappa shape index (κ3) is 2.54. The van der Waals surface area contributed by atoms with Crippen molar-refractivity contribution in [1.29, 1.82) is 0 Å². The second-order valence-corrected chi connectivity index (χ2v) is 3.39. The molecule has 0 radical (unpaired) electrons. The number of aromatic nitrogens is 2. The van der Waals surface area contributed by atoms with Gasteiger partial charge < -0.3 is 15.5 Å². The van der Waals surface area contributed by atoms with Crippen LogP contribution < -0.4 is 5.32 Å². The highest BCUT2D eigenvalue weighted by Crippen LogP contribution is 2.09. The highest BCUT2D eigenvalue weighted by Gasteiger charge is 2.29. The van der Waals surface area contributed by atoms with Crippen molar-refractivity contribution >= 4 is 5.91 Å². The average molecular weight is 213 g/mol. The molecule has 0 aliphatic rings. The van der Waals surface area contributed by atoms with Crippen molar-refractivity contribution in [1.82, 2.24) is 15.5 Å². The van der Waals surface area contributed by atoms with Crippen molar-refractivity contribution in [3.8, 4) is 0 Å². The Bertz CT molecular complexity index is 298. The van der Waals surface area contributed by atoms with Crippen LogP contribution in [0.4, 0.5) is 0 Å². The smallest absolute Gasteiger partial charge is 0.255 e. The quantitative estimate of drug-likeness (QED) is 0.518. The number of amides is 1. The van der Waals surface area contributed by atoms with Crippen molar-refractivity contribution in [2.45, 2.75) is 18.9 Å². The number of hydrogen-bond acceptors (Lipinski definition) is 4. The fourth-order valence-electron chi connectivity index (χ4n) is 1.13. The number of hydrogen-bond donors (Lipinski definition) is 4. The van der Waals surface area contributed by atoms with Gasteiger partial charge in [0.15, 0.2) is 0 Å². The zero-order valence-electron chi connectivity index (χ0n) is 8.53. The van der Waals surface area contributed by atoms with E-state index in [9.17, 15) is 4.79 Å². The van der Waals surface area contributed by atoms with Gasteiger partial charge >= 0.3 is 0 Å². The van der Waals surface area contributed by atoms with E-state index in [1.165, 1.54) is 12.4 Å². The summed E-state index contributed by atoms with van der Waals surface area (Å²) in [6, 6.07) is 0. The van der Waals surface area contributed by atoms with Crippen LogP contribution in [0.2, 0.25) is 0 Å². The van der Waals surface area contributed by atoms with Crippen molar-refractivity contribution in [2.24, 2.45) is 0 Å². The average Bonchev–Trinajstić information content (AvgIpc) is 2.79. The zero-order chi connectivity index (χ0) is 11.3. The van der Waals surface area contributed by atoms with Crippen LogP contribution in [-0.4, -0.2) is 45.1 Å². The third-order valence-corrected chi connectivity index (χ3v) is 2.42. The fraction of sp³-hybridized carbons (Fsp3) is 0.556. The lowest BCUT2D eigenvalue weighted by atomic mass is 9.98. The predicted molar refractivity (Wildman–Crippen MR) is 53.2 cm³/mol. The van der Waals surface area contributed by atoms with E-state index in [1.807, 2.05) is 0 Å². The molecule has 0 fully saturated rings. The van der Waals surface area contributed by atoms with Gasteiger partial charge in [0.05, 0.1) is 30.5 Å². The summed E-state index contributed by atoms with van der Waals surface area (Å²) in [6.45, 7) is 1.18. The van der Waals surface area contributed by atoms with E-state index >= 15 is 0 Å². The number of rotatable bonds is 5. The summed E-state index contributed by atoms with van der Waals surface area (Å²) in [4.78, 5) is 11.6. The number of nitrogens with zero attached hydrogens (tertiary/aromatic N) is 1. The second-order valence-electron chi connectivity index (χ2n) is 3.39. The Balaban J connectivity index is 2.71. The van der Waals surface area contributed by atoms with Crippen molar-refractivity contribution < 1.29 is 15.0 Å². The lowest BCUT2D eigenvalue weighted by Gasteiger charge is -2.29. The minimum absolute atomic E-state index is 0.302. The lowest BCUT2D eigenvalue weighted by molar-refractivity contribution is 0.0653. The van der Waals surface area contributed by atoms with E-state index in [1.54, 1.807) is 6.92 Å². The molecule has 1 aromatic rings. The lowest BCUT2D eigenvalue weighted by Crippen LogP contribution is -2.53. The van der Waals surface area contributed by atoms with Gasteiger partial charge in [0, 0.05) is 6.20 Å². The molecule has 0 unspecified atom stereocenters. The monoisotopic (exact) mass is 213 g/mol. The van der Waals surface area contributed by atoms with Crippen LogP contribution in [0.5, 0.6) is 0 Å². The van der Waals surface area contributed by atoms with E-state index < -0.39 is 5.54 Å². The fourth-order valence-corrected chi connectivity index (χ4v) is 1.13. The molecule has 6 nitrogen and oxygen atoms in total. The van der Waals surface area contributed by atoms with Crippen LogP contribution >= 0.6 is 0 Å². The molecule has 1 amide bonds. The minimum atomic E-state index is -0.964. The van der Waals surface area contributed by atoms with E-state index in [0.717, 1.165) is 0 Å². The van der Waals surface area contributed by atoms with Crippen molar-refractivity contribution in [2.75, 3.05) is 13.2 Å². The first-order valence-electron chi connectivity index (χ1n) is 4.70. The predicted octanol–water partition coefficient (Wildman–Crippen LogP) is -0.727. The van der Waals surface area contributed by atoms with Gasteiger partial charge in [-0.2, -0.15) is 5.10 Å². The maximum atomic E-state index is 11.6. The van der Waals surface area contributed by atoms with E-state index in [-0.39, 0.29) is 19.1 Å². The Morgan fingerprint density at radius 1 is 1.60 bits per heavy atom. The summed E-state index contributed by atoms with van der Waals surface area (Å²) >= 11 is 0. The van der Waals surface area contributed by atoms with Gasteiger partial charge in [0.25, 0.3) is 5.91 Å². The Kier molecular flexibility index (Phi) is 3.81. The number of carbonyl (C=O) groups is 1. The molecule has 0 saturated carbocycles. The topological polar surface area (TPSA) is 98.2 Å². The summed E-state index contributed by atoms with van der Waals surface area (Å²) in [7, 11) is 0. The van der Waals surface area contributed by atoms with Gasteiger partial charge in [0.2, 0.25) is 0 Å². The van der Waals surface area contributed by atoms with E-state index in [0.29, 0.717) is 12.0 Å². The number of aliphatic hydroxyl groups excluding tert-OH is 2. The Morgan fingerprint density at radius 3 is 2.67 bits per heavy atom. The molecule has 0 aliphatic heterocycles. The molecule has 6 heteroatoms. The molecule has 4 N–H and O–H groups in total. The Morgan fingerprint density at radius 2 is 2.27 bits per heavy atom. The number of carbonyl (C=O) groups excluding carboxylic acids is 1. The largest absolute Gasteiger partial charge is 0.394 e. The highest BCUT2D eigenvalue weighted by atomic mass is 16.3. The van der Waals surface area contributed by atoms with Crippen LogP contribution in [0.1, 0.15) is 23.7 Å². The van der Waals surface area contributed by atoms with Gasteiger partial charge in [-0.3, -0.25) is 9.89 Å².